The molecule has 2 aromatic heterocycles. The van der Waals surface area contributed by atoms with Crippen LogP contribution in [0.15, 0.2) is 42.6 Å². The zero-order valence-electron chi connectivity index (χ0n) is 18.8. The van der Waals surface area contributed by atoms with E-state index < -0.39 is 9.84 Å². The quantitative estimate of drug-likeness (QED) is 0.507. The number of pyridine rings is 2. The first-order chi connectivity index (χ1) is 16.9. The minimum atomic E-state index is -2.99. The normalized spacial score (nSPS) is 19.9. The van der Waals surface area contributed by atoms with Crippen LogP contribution < -0.4 is 19.1 Å². The number of aromatic nitrogens is 2. The van der Waals surface area contributed by atoms with Crippen molar-refractivity contribution >= 4 is 38.5 Å². The van der Waals surface area contributed by atoms with E-state index in [9.17, 15) is 13.2 Å². The number of sulfone groups is 1. The summed E-state index contributed by atoms with van der Waals surface area (Å²) in [6.07, 6.45) is 2.75. The second-order valence-electron chi connectivity index (χ2n) is 8.78. The van der Waals surface area contributed by atoms with Crippen molar-refractivity contribution in [1.82, 2.24) is 15.3 Å². The average molecular weight is 518 g/mol. The fourth-order valence-electron chi connectivity index (χ4n) is 4.27. The molecule has 5 rings (SSSR count). The van der Waals surface area contributed by atoms with Gasteiger partial charge >= 0.3 is 0 Å². The van der Waals surface area contributed by atoms with Gasteiger partial charge in [0.2, 0.25) is 11.8 Å². The maximum Gasteiger partial charge on any atom is 0.223 e. The summed E-state index contributed by atoms with van der Waals surface area (Å²) in [6, 6.07) is 10.8. The predicted molar refractivity (Wildman–Crippen MR) is 130 cm³/mol. The number of benzene rings is 1. The smallest absolute Gasteiger partial charge is 0.223 e. The highest BCUT2D eigenvalue weighted by atomic mass is 35.5. The molecule has 0 radical (unpaired) electrons. The van der Waals surface area contributed by atoms with Gasteiger partial charge in [-0.1, -0.05) is 0 Å². The number of nitrogens with one attached hydrogen (secondary N) is 1. The molecule has 0 bridgehead atoms. The SMILES string of the molecule is O=C1C[C@@H](COc2nc(-c3ccc(OC4CCS(=O)(=O)CC4)c(OCl)c3)cc3ncccc23)CN1. The molecule has 1 amide bonds. The Labute approximate surface area is 207 Å². The van der Waals surface area contributed by atoms with Gasteiger partial charge in [0.1, 0.15) is 18.0 Å². The minimum absolute atomic E-state index is 0.0256. The summed E-state index contributed by atoms with van der Waals surface area (Å²) in [5, 5.41) is 3.58. The molecule has 9 nitrogen and oxygen atoms in total. The number of fused-ring (bicyclic) bond motifs is 1. The van der Waals surface area contributed by atoms with Gasteiger partial charge in [-0.05, 0) is 49.2 Å². The lowest BCUT2D eigenvalue weighted by Gasteiger charge is -2.24. The summed E-state index contributed by atoms with van der Waals surface area (Å²) in [6.45, 7) is 0.943. The number of rotatable bonds is 7. The number of hydrogen-bond acceptors (Lipinski definition) is 8. The van der Waals surface area contributed by atoms with Crippen LogP contribution in [0.2, 0.25) is 0 Å². The fraction of sp³-hybridized carbons (Fsp3) is 0.375. The molecular weight excluding hydrogens is 494 g/mol. The second-order valence-corrected chi connectivity index (χ2v) is 11.2. The van der Waals surface area contributed by atoms with Crippen LogP contribution in [0, 0.1) is 5.92 Å². The van der Waals surface area contributed by atoms with E-state index in [1.54, 1.807) is 18.3 Å². The van der Waals surface area contributed by atoms with E-state index in [0.29, 0.717) is 66.6 Å². The van der Waals surface area contributed by atoms with Gasteiger partial charge < -0.3 is 19.1 Å². The molecule has 0 spiro atoms. The van der Waals surface area contributed by atoms with E-state index in [4.69, 9.17) is 30.6 Å². The molecule has 3 aromatic rings. The van der Waals surface area contributed by atoms with Gasteiger partial charge in [-0.25, -0.2) is 13.4 Å². The number of nitrogens with zero attached hydrogens (tertiary/aromatic N) is 2. The van der Waals surface area contributed by atoms with Crippen LogP contribution in [0.4, 0.5) is 0 Å². The highest BCUT2D eigenvalue weighted by Crippen LogP contribution is 2.36. The zero-order valence-corrected chi connectivity index (χ0v) is 20.3. The van der Waals surface area contributed by atoms with Crippen molar-refractivity contribution in [3.63, 3.8) is 0 Å². The molecule has 2 fully saturated rings. The number of carbonyl (C=O) groups excluding carboxylic acids is 1. The summed E-state index contributed by atoms with van der Waals surface area (Å²) in [7, 11) is -2.99. The van der Waals surface area contributed by atoms with Crippen molar-refractivity contribution in [2.75, 3.05) is 24.7 Å². The maximum atomic E-state index is 11.7. The summed E-state index contributed by atoms with van der Waals surface area (Å²) in [5.41, 5.74) is 2.04. The fourth-order valence-corrected chi connectivity index (χ4v) is 5.84. The monoisotopic (exact) mass is 517 g/mol. The van der Waals surface area contributed by atoms with Crippen LogP contribution >= 0.6 is 11.9 Å². The number of amides is 1. The van der Waals surface area contributed by atoms with Gasteiger partial charge in [0.25, 0.3) is 0 Å². The van der Waals surface area contributed by atoms with Crippen LogP contribution in [-0.2, 0) is 14.6 Å². The predicted octanol–water partition coefficient (Wildman–Crippen LogP) is 3.30. The molecular formula is C24H24ClN3O6S. The van der Waals surface area contributed by atoms with Crippen molar-refractivity contribution < 1.29 is 27.0 Å². The highest BCUT2D eigenvalue weighted by molar-refractivity contribution is 7.91. The minimum Gasteiger partial charge on any atom is -0.486 e. The number of halogens is 1. The Morgan fingerprint density at radius 3 is 2.69 bits per heavy atom. The molecule has 1 atom stereocenters. The molecule has 2 aliphatic rings. The Hall–Kier alpha value is -3.11. The topological polar surface area (TPSA) is 117 Å². The second kappa shape index (κ2) is 9.87. The van der Waals surface area contributed by atoms with Gasteiger partial charge in [-0.3, -0.25) is 9.78 Å². The summed E-state index contributed by atoms with van der Waals surface area (Å²) >= 11 is 5.75. The van der Waals surface area contributed by atoms with Crippen LogP contribution in [-0.4, -0.2) is 55.1 Å². The highest BCUT2D eigenvalue weighted by Gasteiger charge is 2.26. The first kappa shape index (κ1) is 23.6. The van der Waals surface area contributed by atoms with Crippen molar-refractivity contribution in [3.05, 3.63) is 42.6 Å². The Bertz CT molecular complexity index is 1350. The molecule has 35 heavy (non-hydrogen) atoms. The van der Waals surface area contributed by atoms with Gasteiger partial charge in [0, 0.05) is 30.6 Å². The Kier molecular flexibility index (Phi) is 6.66. The molecule has 2 saturated heterocycles. The molecule has 1 aromatic carbocycles. The van der Waals surface area contributed by atoms with Gasteiger partial charge in [0.05, 0.1) is 34.7 Å². The molecule has 11 heteroatoms. The average Bonchev–Trinajstić information content (AvgIpc) is 3.28. The Balaban J connectivity index is 1.40. The number of ether oxygens (including phenoxy) is 2. The van der Waals surface area contributed by atoms with Gasteiger partial charge in [0.15, 0.2) is 21.3 Å². The van der Waals surface area contributed by atoms with Gasteiger partial charge in [-0.15, -0.1) is 0 Å². The van der Waals surface area contributed by atoms with Crippen molar-refractivity contribution in [3.8, 4) is 28.6 Å². The molecule has 1 N–H and O–H groups in total. The molecule has 2 aliphatic heterocycles. The molecule has 184 valence electrons. The Morgan fingerprint density at radius 1 is 1.11 bits per heavy atom. The van der Waals surface area contributed by atoms with Crippen molar-refractivity contribution in [2.45, 2.75) is 25.4 Å². The van der Waals surface area contributed by atoms with Crippen LogP contribution in [0.1, 0.15) is 19.3 Å². The van der Waals surface area contributed by atoms with Crippen molar-refractivity contribution in [2.24, 2.45) is 5.92 Å². The molecule has 0 aliphatic carbocycles. The Morgan fingerprint density at radius 2 is 1.94 bits per heavy atom. The first-order valence-corrected chi connectivity index (χ1v) is 13.5. The zero-order chi connectivity index (χ0) is 24.4. The lowest BCUT2D eigenvalue weighted by atomic mass is 10.1. The van der Waals surface area contributed by atoms with E-state index in [1.165, 1.54) is 0 Å². The van der Waals surface area contributed by atoms with Crippen LogP contribution in [0.25, 0.3) is 22.2 Å². The van der Waals surface area contributed by atoms with Crippen LogP contribution in [0.5, 0.6) is 17.4 Å². The first-order valence-electron chi connectivity index (χ1n) is 11.4. The van der Waals surface area contributed by atoms with E-state index in [-0.39, 0.29) is 29.4 Å². The lowest BCUT2D eigenvalue weighted by Crippen LogP contribution is -2.30. The number of hydrogen-bond donors (Lipinski definition) is 1. The number of carbonyl (C=O) groups is 1. The molecule has 4 heterocycles. The summed E-state index contributed by atoms with van der Waals surface area (Å²) in [4.78, 5) is 20.7. The van der Waals surface area contributed by atoms with Crippen molar-refractivity contribution in [1.29, 1.82) is 0 Å². The third kappa shape index (κ3) is 5.43. The van der Waals surface area contributed by atoms with E-state index in [0.717, 1.165) is 5.39 Å². The lowest BCUT2D eigenvalue weighted by molar-refractivity contribution is -0.119. The molecule has 0 saturated carbocycles. The van der Waals surface area contributed by atoms with E-state index in [2.05, 4.69) is 10.3 Å². The summed E-state index contributed by atoms with van der Waals surface area (Å²) < 4.78 is 40.5. The third-order valence-corrected chi connectivity index (χ3v) is 8.08. The van der Waals surface area contributed by atoms with E-state index in [1.807, 2.05) is 24.3 Å². The largest absolute Gasteiger partial charge is 0.486 e. The molecule has 0 unspecified atom stereocenters. The summed E-state index contributed by atoms with van der Waals surface area (Å²) in [5.74, 6) is 1.49. The third-order valence-electron chi connectivity index (χ3n) is 6.20. The standard InChI is InChI=1S/C24H24ClN3O6S/c25-34-22-11-16(3-4-21(22)33-17-5-8-35(30,31)9-6-17)19-12-20-18(2-1-7-26-20)24(28-19)32-14-15-10-23(29)27-13-15/h1-4,7,11-12,15,17H,5-6,8-10,13-14H2,(H,27,29)/t15-/m1/s1. The van der Waals surface area contributed by atoms with E-state index >= 15 is 0 Å². The maximum absolute atomic E-state index is 11.7. The van der Waals surface area contributed by atoms with Gasteiger partial charge in [-0.2, -0.15) is 0 Å². The van der Waals surface area contributed by atoms with Crippen LogP contribution in [0.3, 0.4) is 0 Å².